The highest BCUT2D eigenvalue weighted by molar-refractivity contribution is 7.80. The Morgan fingerprint density at radius 1 is 1.14 bits per heavy atom. The van der Waals surface area contributed by atoms with Crippen molar-refractivity contribution in [2.75, 3.05) is 17.5 Å². The monoisotopic (exact) mass is 401 g/mol. The van der Waals surface area contributed by atoms with Gasteiger partial charge >= 0.3 is 0 Å². The van der Waals surface area contributed by atoms with E-state index in [1.54, 1.807) is 29.3 Å². The average molecular weight is 402 g/mol. The van der Waals surface area contributed by atoms with Crippen LogP contribution >= 0.6 is 0 Å². The second kappa shape index (κ2) is 7.47. The molecule has 4 fully saturated rings. The zero-order chi connectivity index (χ0) is 19.8. The van der Waals surface area contributed by atoms with Gasteiger partial charge in [0.05, 0.1) is 34.0 Å². The van der Waals surface area contributed by atoms with Crippen molar-refractivity contribution >= 4 is 22.9 Å². The van der Waals surface area contributed by atoms with E-state index < -0.39 is 11.3 Å². The van der Waals surface area contributed by atoms with Crippen LogP contribution in [0.2, 0.25) is 0 Å². The van der Waals surface area contributed by atoms with Gasteiger partial charge in [-0.3, -0.25) is 9.00 Å². The molecule has 3 saturated carbocycles. The Morgan fingerprint density at radius 3 is 2.32 bits per heavy atom. The van der Waals surface area contributed by atoms with Gasteiger partial charge in [-0.2, -0.15) is 5.26 Å². The summed E-state index contributed by atoms with van der Waals surface area (Å²) in [5.74, 6) is -0.239. The summed E-state index contributed by atoms with van der Waals surface area (Å²) in [7, 11) is 0. The molecule has 1 amide bonds. The summed E-state index contributed by atoms with van der Waals surface area (Å²) in [6.45, 7) is 1.31. The first-order valence-corrected chi connectivity index (χ1v) is 11.0. The zero-order valence-corrected chi connectivity index (χ0v) is 16.7. The molecule has 1 saturated heterocycles. The van der Waals surface area contributed by atoms with Crippen LogP contribution in [-0.2, 0) is 11.3 Å². The molecule has 0 spiro atoms. The molecule has 28 heavy (non-hydrogen) atoms. The molecule has 4 aliphatic rings. The molecule has 1 heterocycles. The molecule has 2 bridgehead atoms. The summed E-state index contributed by atoms with van der Waals surface area (Å²) in [6.07, 6.45) is 6.73. The van der Waals surface area contributed by atoms with Crippen LogP contribution in [0.1, 0.15) is 61.7 Å². The molecule has 1 aromatic carbocycles. The zero-order valence-electron chi connectivity index (χ0n) is 15.9. The lowest BCUT2D eigenvalue weighted by atomic mass is 9.58. The Kier molecular flexibility index (Phi) is 5.17. The standard InChI is InChI=1S/C20H26N4O3S/c21-15-19-7-10-20(11-8-19,12-9-19)22-18(25)16-5-1-2-6-17(16)24(28(26)27)23-13-3-4-14-23/h1-2,5-6H,3-4,7-14H2,(H,22,25)(H,26,27)/p-1. The maximum absolute atomic E-state index is 13.2. The van der Waals surface area contributed by atoms with E-state index in [2.05, 4.69) is 11.4 Å². The number of amides is 1. The van der Waals surface area contributed by atoms with Crippen LogP contribution in [-0.4, -0.2) is 38.3 Å². The SMILES string of the molecule is N#CC12CCC(NC(=O)c3ccccc3N(N3CCCC3)S(=O)[O-])(CC1)CC2. The topological polar surface area (TPSA) is 99.5 Å². The van der Waals surface area contributed by atoms with Gasteiger partial charge in [-0.05, 0) is 63.5 Å². The summed E-state index contributed by atoms with van der Waals surface area (Å²) in [5, 5.41) is 14.4. The summed E-state index contributed by atoms with van der Waals surface area (Å²) < 4.78 is 25.2. The van der Waals surface area contributed by atoms with Crippen molar-refractivity contribution in [3.8, 4) is 6.07 Å². The normalized spacial score (nSPS) is 30.6. The van der Waals surface area contributed by atoms with Crippen molar-refractivity contribution in [3.05, 3.63) is 29.8 Å². The second-order valence-corrected chi connectivity index (χ2v) is 9.07. The Balaban J connectivity index is 1.57. The number of carbonyl (C=O) groups excluding carboxylic acids is 1. The minimum Gasteiger partial charge on any atom is -0.754 e. The van der Waals surface area contributed by atoms with E-state index in [-0.39, 0.29) is 16.9 Å². The van der Waals surface area contributed by atoms with Crippen molar-refractivity contribution in [2.45, 2.75) is 56.9 Å². The third kappa shape index (κ3) is 3.43. The number of hydrogen-bond donors (Lipinski definition) is 1. The Bertz CT molecular complexity index is 806. The quantitative estimate of drug-likeness (QED) is 0.765. The fraction of sp³-hybridized carbons (Fsp3) is 0.600. The Hall–Kier alpha value is -1.95. The fourth-order valence-electron chi connectivity index (χ4n) is 4.89. The van der Waals surface area contributed by atoms with Gasteiger partial charge in [0.1, 0.15) is 0 Å². The lowest BCUT2D eigenvalue weighted by molar-refractivity contribution is 0.0521. The van der Waals surface area contributed by atoms with E-state index in [4.69, 9.17) is 0 Å². The number of rotatable bonds is 5. The number of carbonyl (C=O) groups is 1. The van der Waals surface area contributed by atoms with Crippen LogP contribution < -0.4 is 9.73 Å². The first kappa shape index (κ1) is 19.4. The number of nitriles is 1. The minimum absolute atomic E-state index is 0.212. The lowest BCUT2D eigenvalue weighted by Crippen LogP contribution is -2.56. The summed E-state index contributed by atoms with van der Waals surface area (Å²) in [6, 6.07) is 9.36. The van der Waals surface area contributed by atoms with E-state index in [0.29, 0.717) is 24.3 Å². The van der Waals surface area contributed by atoms with Crippen molar-refractivity contribution < 1.29 is 13.6 Å². The number of nitrogens with zero attached hydrogens (tertiary/aromatic N) is 3. The molecule has 0 radical (unpaired) electrons. The van der Waals surface area contributed by atoms with Crippen molar-refractivity contribution in [1.82, 2.24) is 10.3 Å². The van der Waals surface area contributed by atoms with E-state index in [1.807, 2.05) is 0 Å². The first-order chi connectivity index (χ1) is 13.5. The number of hydrazine groups is 1. The molecule has 150 valence electrons. The molecule has 8 heteroatoms. The van der Waals surface area contributed by atoms with Gasteiger partial charge in [0.25, 0.3) is 5.91 Å². The van der Waals surface area contributed by atoms with Crippen LogP contribution in [0.15, 0.2) is 24.3 Å². The molecule has 3 aliphatic carbocycles. The molecule has 0 aromatic heterocycles. The average Bonchev–Trinajstić information content (AvgIpc) is 3.23. The minimum atomic E-state index is -2.50. The van der Waals surface area contributed by atoms with Gasteiger partial charge in [0.2, 0.25) is 0 Å². The van der Waals surface area contributed by atoms with E-state index in [1.165, 1.54) is 4.41 Å². The van der Waals surface area contributed by atoms with Crippen LogP contribution in [0.3, 0.4) is 0 Å². The van der Waals surface area contributed by atoms with Gasteiger partial charge in [-0.25, -0.2) is 9.42 Å². The summed E-state index contributed by atoms with van der Waals surface area (Å²) in [4.78, 5) is 13.2. The Morgan fingerprint density at radius 2 is 1.75 bits per heavy atom. The molecule has 1 aromatic rings. The highest BCUT2D eigenvalue weighted by Crippen LogP contribution is 2.52. The Labute approximate surface area is 168 Å². The summed E-state index contributed by atoms with van der Waals surface area (Å²) in [5.41, 5.74) is 0.272. The van der Waals surface area contributed by atoms with Crippen LogP contribution in [0.5, 0.6) is 0 Å². The molecular weight excluding hydrogens is 376 g/mol. The fourth-order valence-corrected chi connectivity index (χ4v) is 5.56. The molecular formula is C20H25N4O3S-. The molecule has 5 rings (SSSR count). The molecule has 1 aliphatic heterocycles. The second-order valence-electron chi connectivity index (χ2n) is 8.29. The van der Waals surface area contributed by atoms with Gasteiger partial charge in [-0.15, -0.1) is 0 Å². The van der Waals surface area contributed by atoms with Gasteiger partial charge in [0.15, 0.2) is 0 Å². The maximum Gasteiger partial charge on any atom is 0.253 e. The summed E-state index contributed by atoms with van der Waals surface area (Å²) >= 11 is -2.50. The van der Waals surface area contributed by atoms with Crippen LogP contribution in [0, 0.1) is 16.7 Å². The predicted molar refractivity (Wildman–Crippen MR) is 105 cm³/mol. The van der Waals surface area contributed by atoms with Gasteiger partial charge in [-0.1, -0.05) is 12.1 Å². The lowest BCUT2D eigenvalue weighted by Gasteiger charge is -2.50. The molecule has 1 N–H and O–H groups in total. The van der Waals surface area contributed by atoms with E-state index in [9.17, 15) is 18.8 Å². The third-order valence-electron chi connectivity index (χ3n) is 6.70. The smallest absolute Gasteiger partial charge is 0.253 e. The maximum atomic E-state index is 13.2. The number of hydrogen-bond acceptors (Lipinski definition) is 5. The predicted octanol–water partition coefficient (Wildman–Crippen LogP) is 2.64. The number of benzene rings is 1. The van der Waals surface area contributed by atoms with Crippen molar-refractivity contribution in [1.29, 1.82) is 5.26 Å². The highest BCUT2D eigenvalue weighted by Gasteiger charge is 2.49. The number of fused-ring (bicyclic) bond motifs is 3. The molecule has 1 unspecified atom stereocenters. The van der Waals surface area contributed by atoms with E-state index in [0.717, 1.165) is 51.4 Å². The van der Waals surface area contributed by atoms with Crippen molar-refractivity contribution in [3.63, 3.8) is 0 Å². The highest BCUT2D eigenvalue weighted by atomic mass is 32.2. The number of anilines is 1. The number of para-hydroxylation sites is 1. The third-order valence-corrected chi connectivity index (χ3v) is 7.41. The molecule has 1 atom stereocenters. The van der Waals surface area contributed by atoms with Crippen LogP contribution in [0.4, 0.5) is 5.69 Å². The van der Waals surface area contributed by atoms with Gasteiger partial charge in [0, 0.05) is 18.6 Å². The largest absolute Gasteiger partial charge is 0.754 e. The van der Waals surface area contributed by atoms with Crippen LogP contribution in [0.25, 0.3) is 0 Å². The van der Waals surface area contributed by atoms with Gasteiger partial charge < -0.3 is 9.87 Å². The first-order valence-electron chi connectivity index (χ1n) is 9.95. The van der Waals surface area contributed by atoms with Crippen molar-refractivity contribution in [2.24, 2.45) is 5.41 Å². The number of nitrogens with one attached hydrogen (secondary N) is 1. The van der Waals surface area contributed by atoms with E-state index >= 15 is 0 Å². The molecule has 7 nitrogen and oxygen atoms in total.